The molecule has 8 nitrogen and oxygen atoms in total. The van der Waals surface area contributed by atoms with Crippen LogP contribution in [0.1, 0.15) is 51.4 Å². The highest BCUT2D eigenvalue weighted by Crippen LogP contribution is 2.28. The number of amides is 1. The number of alkyl carbamates (subject to hydrolysis) is 1. The van der Waals surface area contributed by atoms with Gasteiger partial charge in [0, 0.05) is 19.1 Å². The summed E-state index contributed by atoms with van der Waals surface area (Å²) in [5.41, 5.74) is 0.400. The van der Waals surface area contributed by atoms with Crippen molar-refractivity contribution in [3.63, 3.8) is 0 Å². The lowest BCUT2D eigenvalue weighted by Gasteiger charge is -2.35. The van der Waals surface area contributed by atoms with Gasteiger partial charge in [-0.05, 0) is 47.5 Å². The second-order valence-corrected chi connectivity index (χ2v) is 9.24. The SMILES string of the molecule is Cc1n[nH]c(C)c1S(=O)(=O)N1CCCCC1CNC(=O)OC(C)(C)C. The predicted octanol–water partition coefficient (Wildman–Crippen LogP) is 2.09. The molecule has 25 heavy (non-hydrogen) atoms. The van der Waals surface area contributed by atoms with Gasteiger partial charge in [-0.3, -0.25) is 5.10 Å². The van der Waals surface area contributed by atoms with E-state index in [9.17, 15) is 13.2 Å². The molecule has 1 saturated heterocycles. The Kier molecular flexibility index (Phi) is 5.78. The molecule has 1 aromatic heterocycles. The monoisotopic (exact) mass is 372 g/mol. The van der Waals surface area contributed by atoms with Crippen molar-refractivity contribution in [1.29, 1.82) is 0 Å². The summed E-state index contributed by atoms with van der Waals surface area (Å²) in [5, 5.41) is 9.42. The number of aromatic amines is 1. The van der Waals surface area contributed by atoms with E-state index in [0.29, 0.717) is 24.4 Å². The highest BCUT2D eigenvalue weighted by molar-refractivity contribution is 7.89. The smallest absolute Gasteiger partial charge is 0.407 e. The first kappa shape index (κ1) is 19.7. The molecule has 0 radical (unpaired) electrons. The number of hydrogen-bond donors (Lipinski definition) is 2. The Morgan fingerprint density at radius 3 is 2.60 bits per heavy atom. The van der Waals surface area contributed by atoms with Crippen LogP contribution in [0.25, 0.3) is 0 Å². The zero-order chi connectivity index (χ0) is 18.8. The van der Waals surface area contributed by atoms with Crippen LogP contribution in [0.5, 0.6) is 0 Å². The van der Waals surface area contributed by atoms with E-state index in [1.165, 1.54) is 4.31 Å². The van der Waals surface area contributed by atoms with E-state index in [0.717, 1.165) is 12.8 Å². The van der Waals surface area contributed by atoms with E-state index in [1.807, 2.05) is 0 Å². The molecule has 0 spiro atoms. The summed E-state index contributed by atoms with van der Waals surface area (Å²) in [6, 6.07) is -0.292. The Labute approximate surface area is 149 Å². The van der Waals surface area contributed by atoms with Crippen LogP contribution in [0.4, 0.5) is 4.79 Å². The lowest BCUT2D eigenvalue weighted by atomic mass is 10.1. The second-order valence-electron chi connectivity index (χ2n) is 7.41. The summed E-state index contributed by atoms with van der Waals surface area (Å²) < 4.78 is 32.9. The van der Waals surface area contributed by atoms with Crippen LogP contribution in [0.2, 0.25) is 0 Å². The third-order valence-corrected chi connectivity index (χ3v) is 6.30. The average Bonchev–Trinajstić information content (AvgIpc) is 2.83. The number of carbonyl (C=O) groups excluding carboxylic acids is 1. The Morgan fingerprint density at radius 2 is 2.04 bits per heavy atom. The summed E-state index contributed by atoms with van der Waals surface area (Å²) >= 11 is 0. The summed E-state index contributed by atoms with van der Waals surface area (Å²) in [6.45, 7) is 9.40. The van der Waals surface area contributed by atoms with E-state index in [1.54, 1.807) is 34.6 Å². The molecule has 0 saturated carbocycles. The number of H-pyrrole nitrogens is 1. The third kappa shape index (κ3) is 4.72. The molecule has 1 aromatic rings. The molecule has 1 aliphatic heterocycles. The number of nitrogens with one attached hydrogen (secondary N) is 2. The molecular formula is C16H28N4O4S. The number of rotatable bonds is 4. The average molecular weight is 372 g/mol. The molecule has 1 atom stereocenters. The van der Waals surface area contributed by atoms with Gasteiger partial charge in [0.15, 0.2) is 0 Å². The molecule has 0 aliphatic carbocycles. The number of ether oxygens (including phenoxy) is 1. The fourth-order valence-electron chi connectivity index (χ4n) is 3.05. The van der Waals surface area contributed by atoms with Crippen LogP contribution < -0.4 is 5.32 Å². The quantitative estimate of drug-likeness (QED) is 0.842. The van der Waals surface area contributed by atoms with Gasteiger partial charge >= 0.3 is 6.09 Å². The molecule has 9 heteroatoms. The molecule has 2 rings (SSSR count). The van der Waals surface area contributed by atoms with Crippen molar-refractivity contribution in [1.82, 2.24) is 19.8 Å². The molecule has 2 N–H and O–H groups in total. The number of aryl methyl sites for hydroxylation is 2. The van der Waals surface area contributed by atoms with Gasteiger partial charge in [-0.15, -0.1) is 0 Å². The number of nitrogens with zero attached hydrogens (tertiary/aromatic N) is 2. The first-order valence-electron chi connectivity index (χ1n) is 8.52. The maximum Gasteiger partial charge on any atom is 0.407 e. The van der Waals surface area contributed by atoms with Gasteiger partial charge in [0.1, 0.15) is 10.5 Å². The van der Waals surface area contributed by atoms with E-state index < -0.39 is 21.7 Å². The van der Waals surface area contributed by atoms with Crippen LogP contribution in [0.3, 0.4) is 0 Å². The number of piperidine rings is 1. The van der Waals surface area contributed by atoms with Crippen LogP contribution in [-0.2, 0) is 14.8 Å². The summed E-state index contributed by atoms with van der Waals surface area (Å²) in [7, 11) is -3.66. The standard InChI is InChI=1S/C16H28N4O4S/c1-11-14(12(2)19-18-11)25(22,23)20-9-7-6-8-13(20)10-17-15(21)24-16(3,4)5/h13H,6-10H2,1-5H3,(H,17,21)(H,18,19). The van der Waals surface area contributed by atoms with Gasteiger partial charge in [0.05, 0.1) is 11.4 Å². The maximum absolute atomic E-state index is 13.1. The Morgan fingerprint density at radius 1 is 1.36 bits per heavy atom. The molecule has 1 aliphatic rings. The molecule has 0 bridgehead atoms. The minimum absolute atomic E-state index is 0.226. The Balaban J connectivity index is 2.14. The summed E-state index contributed by atoms with van der Waals surface area (Å²) in [4.78, 5) is 12.1. The van der Waals surface area contributed by atoms with E-state index in [-0.39, 0.29) is 17.5 Å². The Hall–Kier alpha value is -1.61. The fraction of sp³-hybridized carbons (Fsp3) is 0.750. The van der Waals surface area contributed by atoms with Crippen molar-refractivity contribution in [2.45, 2.75) is 70.4 Å². The highest BCUT2D eigenvalue weighted by Gasteiger charge is 2.36. The van der Waals surface area contributed by atoms with Crippen molar-refractivity contribution >= 4 is 16.1 Å². The lowest BCUT2D eigenvalue weighted by Crippen LogP contribution is -2.50. The fourth-order valence-corrected chi connectivity index (χ4v) is 5.08. The molecule has 1 fully saturated rings. The van der Waals surface area contributed by atoms with E-state index in [2.05, 4.69) is 15.5 Å². The minimum Gasteiger partial charge on any atom is -0.444 e. The van der Waals surface area contributed by atoms with Crippen molar-refractivity contribution in [3.8, 4) is 0 Å². The number of sulfonamides is 1. The first-order chi connectivity index (χ1) is 11.5. The van der Waals surface area contributed by atoms with Crippen LogP contribution in [-0.4, -0.2) is 53.7 Å². The van der Waals surface area contributed by atoms with Gasteiger partial charge in [-0.25, -0.2) is 13.2 Å². The molecule has 142 valence electrons. The van der Waals surface area contributed by atoms with Gasteiger partial charge in [-0.2, -0.15) is 9.40 Å². The van der Waals surface area contributed by atoms with Crippen LogP contribution in [0, 0.1) is 13.8 Å². The van der Waals surface area contributed by atoms with E-state index >= 15 is 0 Å². The molecular weight excluding hydrogens is 344 g/mol. The predicted molar refractivity (Wildman–Crippen MR) is 93.8 cm³/mol. The number of hydrogen-bond acceptors (Lipinski definition) is 5. The maximum atomic E-state index is 13.1. The summed E-state index contributed by atoms with van der Waals surface area (Å²) in [6.07, 6.45) is 1.89. The van der Waals surface area contributed by atoms with E-state index in [4.69, 9.17) is 4.74 Å². The van der Waals surface area contributed by atoms with Crippen LogP contribution in [0.15, 0.2) is 4.90 Å². The zero-order valence-electron chi connectivity index (χ0n) is 15.5. The normalized spacial score (nSPS) is 19.6. The topological polar surface area (TPSA) is 104 Å². The van der Waals surface area contributed by atoms with Crippen molar-refractivity contribution in [3.05, 3.63) is 11.4 Å². The number of carbonyl (C=O) groups is 1. The van der Waals surface area contributed by atoms with Gasteiger partial charge in [0.25, 0.3) is 0 Å². The lowest BCUT2D eigenvalue weighted by molar-refractivity contribution is 0.0512. The molecule has 1 unspecified atom stereocenters. The van der Waals surface area contributed by atoms with Crippen molar-refractivity contribution < 1.29 is 17.9 Å². The first-order valence-corrected chi connectivity index (χ1v) is 9.96. The largest absolute Gasteiger partial charge is 0.444 e. The summed E-state index contributed by atoms with van der Waals surface area (Å²) in [5.74, 6) is 0. The van der Waals surface area contributed by atoms with Crippen molar-refractivity contribution in [2.75, 3.05) is 13.1 Å². The van der Waals surface area contributed by atoms with Gasteiger partial charge in [0.2, 0.25) is 10.0 Å². The molecule has 1 amide bonds. The molecule has 2 heterocycles. The Bertz CT molecular complexity index is 701. The third-order valence-electron chi connectivity index (χ3n) is 4.08. The van der Waals surface area contributed by atoms with Gasteiger partial charge in [-0.1, -0.05) is 6.42 Å². The van der Waals surface area contributed by atoms with Crippen molar-refractivity contribution in [2.24, 2.45) is 0 Å². The number of aromatic nitrogens is 2. The minimum atomic E-state index is -3.66. The zero-order valence-corrected chi connectivity index (χ0v) is 16.4. The van der Waals surface area contributed by atoms with Gasteiger partial charge < -0.3 is 10.1 Å². The van der Waals surface area contributed by atoms with Crippen LogP contribution >= 0.6 is 0 Å². The second kappa shape index (κ2) is 7.33. The highest BCUT2D eigenvalue weighted by atomic mass is 32.2. The molecule has 0 aromatic carbocycles.